The molecule has 3 aromatic rings. The van der Waals surface area contributed by atoms with Crippen molar-refractivity contribution in [2.45, 2.75) is 53.1 Å². The Kier molecular flexibility index (Phi) is 7.93. The molecule has 0 radical (unpaired) electrons. The Hall–Kier alpha value is -3.27. The monoisotopic (exact) mass is 432 g/mol. The first kappa shape index (κ1) is 23.4. The van der Waals surface area contributed by atoms with Gasteiger partial charge in [-0.3, -0.25) is 0 Å². The van der Waals surface area contributed by atoms with Crippen LogP contribution in [-0.4, -0.2) is 17.7 Å². The fourth-order valence-electron chi connectivity index (χ4n) is 3.88. The van der Waals surface area contributed by atoms with Crippen LogP contribution in [0.4, 0.5) is 0 Å². The topological polar surface area (TPSA) is 55.8 Å². The maximum Gasteiger partial charge on any atom is 0.341 e. The van der Waals surface area contributed by atoms with Crippen molar-refractivity contribution >= 4 is 5.97 Å². The number of benzene rings is 3. The smallest absolute Gasteiger partial charge is 0.341 e. The van der Waals surface area contributed by atoms with Gasteiger partial charge in [-0.05, 0) is 79.6 Å². The third-order valence-electron chi connectivity index (χ3n) is 5.68. The first-order valence-electron chi connectivity index (χ1n) is 11.2. The van der Waals surface area contributed by atoms with Gasteiger partial charge in [-0.15, -0.1) is 0 Å². The molecule has 4 nitrogen and oxygen atoms in total. The van der Waals surface area contributed by atoms with Crippen LogP contribution < -0.4 is 9.47 Å². The molecule has 4 heteroatoms. The molecule has 0 aliphatic heterocycles. The van der Waals surface area contributed by atoms with Gasteiger partial charge in [0, 0.05) is 0 Å². The summed E-state index contributed by atoms with van der Waals surface area (Å²) in [5.41, 5.74) is 6.96. The van der Waals surface area contributed by atoms with Crippen molar-refractivity contribution in [1.82, 2.24) is 0 Å². The Morgan fingerprint density at radius 2 is 1.75 bits per heavy atom. The number of carboxylic acid groups (broad SMARTS) is 1. The summed E-state index contributed by atoms with van der Waals surface area (Å²) in [5.74, 6) is 0.321. The highest BCUT2D eigenvalue weighted by Gasteiger charge is 2.18. The Morgan fingerprint density at radius 3 is 2.41 bits per heavy atom. The number of aryl methyl sites for hydroxylation is 2. The van der Waals surface area contributed by atoms with Crippen LogP contribution in [0.25, 0.3) is 11.1 Å². The zero-order valence-corrected chi connectivity index (χ0v) is 19.4. The minimum absolute atomic E-state index is 0.0643. The number of unbranched alkanes of at least 4 members (excludes halogenated alkanes) is 1. The van der Waals surface area contributed by atoms with Gasteiger partial charge in [0.15, 0.2) is 6.61 Å². The summed E-state index contributed by atoms with van der Waals surface area (Å²) < 4.78 is 11.8. The van der Waals surface area contributed by atoms with E-state index in [1.165, 1.54) is 27.8 Å². The molecule has 0 bridgehead atoms. The normalized spacial score (nSPS) is 11.8. The molecule has 3 aromatic carbocycles. The molecule has 0 saturated carbocycles. The van der Waals surface area contributed by atoms with E-state index in [-0.39, 0.29) is 12.7 Å². The number of aliphatic carboxylic acids is 1. The molecule has 0 aliphatic rings. The molecule has 1 N–H and O–H groups in total. The molecule has 0 amide bonds. The average Bonchev–Trinajstić information content (AvgIpc) is 2.77. The van der Waals surface area contributed by atoms with Gasteiger partial charge in [-0.2, -0.15) is 0 Å². The fraction of sp³-hybridized carbons (Fsp3) is 0.321. The summed E-state index contributed by atoms with van der Waals surface area (Å²) in [6, 6.07) is 20.6. The van der Waals surface area contributed by atoms with Gasteiger partial charge in [-0.1, -0.05) is 61.4 Å². The van der Waals surface area contributed by atoms with Gasteiger partial charge in [-0.25, -0.2) is 4.79 Å². The minimum atomic E-state index is -0.992. The van der Waals surface area contributed by atoms with Crippen molar-refractivity contribution in [3.63, 3.8) is 0 Å². The minimum Gasteiger partial charge on any atom is -0.486 e. The van der Waals surface area contributed by atoms with E-state index in [0.29, 0.717) is 5.75 Å². The van der Waals surface area contributed by atoms with E-state index in [2.05, 4.69) is 63.2 Å². The Bertz CT molecular complexity index is 1050. The zero-order valence-electron chi connectivity index (χ0n) is 19.4. The number of ether oxygens (including phenoxy) is 2. The van der Waals surface area contributed by atoms with Crippen LogP contribution in [0, 0.1) is 20.8 Å². The standard InChI is InChI=1S/C28H32O4/c1-5-6-10-27(32-23-15-16-26(20(3)17-23)31-18-28(29)30)25-9-7-8-24(21(25)4)22-13-11-19(2)12-14-22/h7-9,11-17,27H,5-6,10,18H2,1-4H3,(H,29,30). The molecule has 32 heavy (non-hydrogen) atoms. The van der Waals surface area contributed by atoms with Crippen LogP contribution >= 0.6 is 0 Å². The molecule has 0 fully saturated rings. The van der Waals surface area contributed by atoms with E-state index in [0.717, 1.165) is 30.6 Å². The van der Waals surface area contributed by atoms with E-state index in [1.807, 2.05) is 19.1 Å². The second kappa shape index (κ2) is 10.9. The first-order chi connectivity index (χ1) is 15.4. The van der Waals surface area contributed by atoms with Crippen LogP contribution in [0.2, 0.25) is 0 Å². The SMILES string of the molecule is CCCCC(Oc1ccc(OCC(=O)O)c(C)c1)c1cccc(-c2ccc(C)cc2)c1C. The van der Waals surface area contributed by atoms with Crippen molar-refractivity contribution in [1.29, 1.82) is 0 Å². The highest BCUT2D eigenvalue weighted by Crippen LogP contribution is 2.35. The molecule has 1 atom stereocenters. The fourth-order valence-corrected chi connectivity index (χ4v) is 3.88. The molecule has 0 saturated heterocycles. The maximum absolute atomic E-state index is 10.8. The zero-order chi connectivity index (χ0) is 23.1. The number of hydrogen-bond donors (Lipinski definition) is 1. The molecule has 0 aliphatic carbocycles. The molecular weight excluding hydrogens is 400 g/mol. The van der Waals surface area contributed by atoms with Crippen molar-refractivity contribution in [2.24, 2.45) is 0 Å². The molecule has 0 spiro atoms. The number of carbonyl (C=O) groups is 1. The first-order valence-corrected chi connectivity index (χ1v) is 11.2. The van der Waals surface area contributed by atoms with Crippen LogP contribution in [0.3, 0.4) is 0 Å². The van der Waals surface area contributed by atoms with Crippen molar-refractivity contribution in [3.8, 4) is 22.6 Å². The second-order valence-corrected chi connectivity index (χ2v) is 8.24. The Balaban J connectivity index is 1.88. The van der Waals surface area contributed by atoms with Crippen LogP contribution in [-0.2, 0) is 4.79 Å². The highest BCUT2D eigenvalue weighted by molar-refractivity contribution is 5.69. The van der Waals surface area contributed by atoms with Crippen molar-refractivity contribution in [2.75, 3.05) is 6.61 Å². The number of carboxylic acids is 1. The van der Waals surface area contributed by atoms with E-state index in [4.69, 9.17) is 14.6 Å². The Labute approximate surface area is 190 Å². The van der Waals surface area contributed by atoms with Gasteiger partial charge in [0.1, 0.15) is 17.6 Å². The molecule has 0 heterocycles. The van der Waals surface area contributed by atoms with Gasteiger partial charge < -0.3 is 14.6 Å². The van der Waals surface area contributed by atoms with E-state index >= 15 is 0 Å². The predicted molar refractivity (Wildman–Crippen MR) is 129 cm³/mol. The van der Waals surface area contributed by atoms with Crippen molar-refractivity contribution < 1.29 is 19.4 Å². The lowest BCUT2D eigenvalue weighted by molar-refractivity contribution is -0.139. The summed E-state index contributed by atoms with van der Waals surface area (Å²) in [5, 5.41) is 8.84. The second-order valence-electron chi connectivity index (χ2n) is 8.24. The molecule has 168 valence electrons. The lowest BCUT2D eigenvalue weighted by Gasteiger charge is -2.23. The third kappa shape index (κ3) is 5.91. The van der Waals surface area contributed by atoms with Crippen molar-refractivity contribution in [3.05, 3.63) is 82.9 Å². The van der Waals surface area contributed by atoms with Gasteiger partial charge in [0.2, 0.25) is 0 Å². The lowest BCUT2D eigenvalue weighted by Crippen LogP contribution is -2.11. The van der Waals surface area contributed by atoms with E-state index in [9.17, 15) is 4.79 Å². The highest BCUT2D eigenvalue weighted by atomic mass is 16.5. The van der Waals surface area contributed by atoms with Crippen LogP contribution in [0.1, 0.15) is 54.5 Å². The van der Waals surface area contributed by atoms with Gasteiger partial charge >= 0.3 is 5.97 Å². The molecular formula is C28H32O4. The predicted octanol–water partition coefficient (Wildman–Crippen LogP) is 7.05. The average molecular weight is 433 g/mol. The summed E-state index contributed by atoms with van der Waals surface area (Å²) in [7, 11) is 0. The van der Waals surface area contributed by atoms with Gasteiger partial charge in [0.25, 0.3) is 0 Å². The summed E-state index contributed by atoms with van der Waals surface area (Å²) >= 11 is 0. The number of rotatable bonds is 10. The van der Waals surface area contributed by atoms with Crippen LogP contribution in [0.15, 0.2) is 60.7 Å². The third-order valence-corrected chi connectivity index (χ3v) is 5.68. The summed E-state index contributed by atoms with van der Waals surface area (Å²) in [6.45, 7) is 7.99. The number of hydrogen-bond acceptors (Lipinski definition) is 3. The van der Waals surface area contributed by atoms with E-state index < -0.39 is 5.97 Å². The molecule has 1 unspecified atom stereocenters. The quantitative estimate of drug-likeness (QED) is 0.373. The molecule has 0 aromatic heterocycles. The van der Waals surface area contributed by atoms with Crippen LogP contribution in [0.5, 0.6) is 11.5 Å². The Morgan fingerprint density at radius 1 is 1.00 bits per heavy atom. The lowest BCUT2D eigenvalue weighted by atomic mass is 9.92. The van der Waals surface area contributed by atoms with E-state index in [1.54, 1.807) is 6.07 Å². The molecule has 3 rings (SSSR count). The summed E-state index contributed by atoms with van der Waals surface area (Å²) in [4.78, 5) is 10.8. The summed E-state index contributed by atoms with van der Waals surface area (Å²) in [6.07, 6.45) is 3.02. The largest absolute Gasteiger partial charge is 0.486 e. The van der Waals surface area contributed by atoms with Gasteiger partial charge in [0.05, 0.1) is 0 Å². The maximum atomic E-state index is 10.8.